The van der Waals surface area contributed by atoms with Crippen LogP contribution < -0.4 is 15.4 Å². The maximum atomic E-state index is 12.4. The normalized spacial score (nSPS) is 10.8. The van der Waals surface area contributed by atoms with E-state index in [0.29, 0.717) is 31.0 Å². The minimum Gasteiger partial charge on any atom is -0.497 e. The van der Waals surface area contributed by atoms with Crippen LogP contribution in [-0.2, 0) is 17.8 Å². The Labute approximate surface area is 209 Å². The lowest BCUT2D eigenvalue weighted by molar-refractivity contribution is -0.118. The number of ether oxygens (including phenoxy) is 1. The van der Waals surface area contributed by atoms with Crippen LogP contribution in [0.2, 0.25) is 0 Å². The van der Waals surface area contributed by atoms with Gasteiger partial charge in [-0.05, 0) is 42.3 Å². The first-order valence-electron chi connectivity index (χ1n) is 11.6. The van der Waals surface area contributed by atoms with Crippen LogP contribution in [0.25, 0.3) is 10.9 Å². The number of fused-ring (bicyclic) bond motifs is 1. The summed E-state index contributed by atoms with van der Waals surface area (Å²) in [7, 11) is 1.60. The number of thioether (sulfide) groups is 1. The average Bonchev–Trinajstić information content (AvgIpc) is 3.25. The molecule has 0 saturated heterocycles. The third-order valence-corrected chi connectivity index (χ3v) is 6.72. The topological polar surface area (TPSA) is 72.4 Å². The van der Waals surface area contributed by atoms with Crippen LogP contribution in [0.5, 0.6) is 5.75 Å². The zero-order valence-corrected chi connectivity index (χ0v) is 20.5. The minimum atomic E-state index is -0.120. The van der Waals surface area contributed by atoms with Gasteiger partial charge in [0.1, 0.15) is 5.75 Å². The summed E-state index contributed by atoms with van der Waals surface area (Å²) in [5, 5.41) is 7.09. The summed E-state index contributed by atoms with van der Waals surface area (Å²) >= 11 is 1.53. The van der Waals surface area contributed by atoms with E-state index in [0.717, 1.165) is 28.0 Å². The van der Waals surface area contributed by atoms with Crippen molar-refractivity contribution in [3.05, 3.63) is 96.2 Å². The van der Waals surface area contributed by atoms with Gasteiger partial charge in [0.15, 0.2) is 0 Å². The first-order chi connectivity index (χ1) is 17.1. The first kappa shape index (κ1) is 24.4. The standard InChI is InChI=1S/C28H29N3O3S/c1-34-23-13-11-22(12-14-23)28(33)30-17-18-31-19-26(24-9-5-6-10-25(24)31)35-20-27(32)29-16-15-21-7-3-2-4-8-21/h2-14,19H,15-18,20H2,1H3,(H,29,32)(H,30,33). The summed E-state index contributed by atoms with van der Waals surface area (Å²) in [6.07, 6.45) is 2.88. The lowest BCUT2D eigenvalue weighted by Crippen LogP contribution is -2.27. The Balaban J connectivity index is 1.30. The summed E-state index contributed by atoms with van der Waals surface area (Å²) in [5.41, 5.74) is 2.89. The molecular weight excluding hydrogens is 458 g/mol. The number of nitrogens with zero attached hydrogens (tertiary/aromatic N) is 1. The summed E-state index contributed by atoms with van der Waals surface area (Å²) in [6.45, 7) is 1.75. The van der Waals surface area contributed by atoms with Crippen LogP contribution in [0.4, 0.5) is 0 Å². The second-order valence-corrected chi connectivity index (χ2v) is 9.08. The molecule has 1 aromatic heterocycles. The number of nitrogens with one attached hydrogen (secondary N) is 2. The molecule has 6 nitrogen and oxygen atoms in total. The third-order valence-electron chi connectivity index (χ3n) is 5.68. The largest absolute Gasteiger partial charge is 0.497 e. The highest BCUT2D eigenvalue weighted by molar-refractivity contribution is 8.00. The van der Waals surface area contributed by atoms with E-state index < -0.39 is 0 Å². The van der Waals surface area contributed by atoms with Crippen LogP contribution >= 0.6 is 11.8 Å². The molecule has 0 aliphatic rings. The maximum Gasteiger partial charge on any atom is 0.251 e. The highest BCUT2D eigenvalue weighted by atomic mass is 32.2. The van der Waals surface area contributed by atoms with E-state index in [1.807, 2.05) is 30.3 Å². The summed E-state index contributed by atoms with van der Waals surface area (Å²) in [6, 6.07) is 25.3. The van der Waals surface area contributed by atoms with Gasteiger partial charge in [0.2, 0.25) is 5.91 Å². The Bertz CT molecular complexity index is 1270. The minimum absolute atomic E-state index is 0.0227. The molecule has 0 fully saturated rings. The molecule has 0 spiro atoms. The number of aromatic nitrogens is 1. The molecule has 0 radical (unpaired) electrons. The van der Waals surface area contributed by atoms with Gasteiger partial charge in [-0.3, -0.25) is 9.59 Å². The van der Waals surface area contributed by atoms with Gasteiger partial charge in [-0.25, -0.2) is 0 Å². The lowest BCUT2D eigenvalue weighted by atomic mass is 10.1. The number of methoxy groups -OCH3 is 1. The van der Waals surface area contributed by atoms with Gasteiger partial charge in [-0.1, -0.05) is 48.5 Å². The Morgan fingerprint density at radius 2 is 1.63 bits per heavy atom. The second-order valence-electron chi connectivity index (χ2n) is 8.06. The van der Waals surface area contributed by atoms with E-state index in [-0.39, 0.29) is 11.8 Å². The van der Waals surface area contributed by atoms with Gasteiger partial charge in [-0.15, -0.1) is 11.8 Å². The molecule has 3 aromatic carbocycles. The number of amides is 2. The monoisotopic (exact) mass is 487 g/mol. The predicted molar refractivity (Wildman–Crippen MR) is 141 cm³/mol. The van der Waals surface area contributed by atoms with E-state index in [9.17, 15) is 9.59 Å². The molecule has 2 N–H and O–H groups in total. The van der Waals surface area contributed by atoms with Crippen LogP contribution in [0.3, 0.4) is 0 Å². The highest BCUT2D eigenvalue weighted by Gasteiger charge is 2.11. The summed E-state index contributed by atoms with van der Waals surface area (Å²) in [4.78, 5) is 25.9. The molecule has 4 rings (SSSR count). The zero-order valence-electron chi connectivity index (χ0n) is 19.7. The molecule has 0 saturated carbocycles. The van der Waals surface area contributed by atoms with Gasteiger partial charge < -0.3 is 19.9 Å². The third kappa shape index (κ3) is 6.67. The fourth-order valence-electron chi connectivity index (χ4n) is 3.83. The van der Waals surface area contributed by atoms with Gasteiger partial charge >= 0.3 is 0 Å². The van der Waals surface area contributed by atoms with E-state index in [2.05, 4.69) is 45.7 Å². The van der Waals surface area contributed by atoms with Crippen molar-refractivity contribution in [2.45, 2.75) is 17.9 Å². The fourth-order valence-corrected chi connectivity index (χ4v) is 4.75. The van der Waals surface area contributed by atoms with Gasteiger partial charge in [0, 0.05) is 47.2 Å². The van der Waals surface area contributed by atoms with Crippen molar-refractivity contribution < 1.29 is 14.3 Å². The van der Waals surface area contributed by atoms with Crippen molar-refractivity contribution in [3.8, 4) is 5.75 Å². The average molecular weight is 488 g/mol. The molecule has 0 bridgehead atoms. The van der Waals surface area contributed by atoms with E-state index in [1.165, 1.54) is 17.3 Å². The van der Waals surface area contributed by atoms with Crippen molar-refractivity contribution in [1.82, 2.24) is 15.2 Å². The number of para-hydroxylation sites is 1. The maximum absolute atomic E-state index is 12.4. The van der Waals surface area contributed by atoms with Crippen molar-refractivity contribution in [3.63, 3.8) is 0 Å². The second kappa shape index (κ2) is 12.1. The molecule has 4 aromatic rings. The summed E-state index contributed by atoms with van der Waals surface area (Å²) in [5.74, 6) is 0.979. The number of rotatable bonds is 11. The Morgan fingerprint density at radius 1 is 0.886 bits per heavy atom. The number of hydrogen-bond acceptors (Lipinski definition) is 4. The quantitative estimate of drug-likeness (QED) is 0.305. The SMILES string of the molecule is COc1ccc(C(=O)NCCn2cc(SCC(=O)NCCc3ccccc3)c3ccccc32)cc1. The Hall–Kier alpha value is -3.71. The molecular formula is C28H29N3O3S. The van der Waals surface area contributed by atoms with E-state index >= 15 is 0 Å². The fraction of sp³-hybridized carbons (Fsp3) is 0.214. The lowest BCUT2D eigenvalue weighted by Gasteiger charge is -2.08. The molecule has 1 heterocycles. The molecule has 0 aliphatic carbocycles. The van der Waals surface area contributed by atoms with Crippen molar-refractivity contribution in [1.29, 1.82) is 0 Å². The van der Waals surface area contributed by atoms with Crippen LogP contribution in [-0.4, -0.2) is 42.3 Å². The van der Waals surface area contributed by atoms with Crippen LogP contribution in [0, 0.1) is 0 Å². The molecule has 0 aliphatic heterocycles. The first-order valence-corrected chi connectivity index (χ1v) is 12.6. The smallest absolute Gasteiger partial charge is 0.251 e. The zero-order chi connectivity index (χ0) is 24.5. The van der Waals surface area contributed by atoms with E-state index in [4.69, 9.17) is 4.74 Å². The van der Waals surface area contributed by atoms with Crippen molar-refractivity contribution in [2.24, 2.45) is 0 Å². The van der Waals surface area contributed by atoms with Gasteiger partial charge in [0.05, 0.1) is 12.9 Å². The number of carbonyl (C=O) groups is 2. The Kier molecular flexibility index (Phi) is 8.46. The summed E-state index contributed by atoms with van der Waals surface area (Å²) < 4.78 is 7.27. The van der Waals surface area contributed by atoms with Gasteiger partial charge in [-0.2, -0.15) is 0 Å². The van der Waals surface area contributed by atoms with E-state index in [1.54, 1.807) is 31.4 Å². The molecule has 7 heteroatoms. The number of hydrogen-bond donors (Lipinski definition) is 2. The highest BCUT2D eigenvalue weighted by Crippen LogP contribution is 2.29. The van der Waals surface area contributed by atoms with Crippen molar-refractivity contribution in [2.75, 3.05) is 26.0 Å². The number of benzene rings is 3. The molecule has 35 heavy (non-hydrogen) atoms. The Morgan fingerprint density at radius 3 is 2.40 bits per heavy atom. The van der Waals surface area contributed by atoms with Gasteiger partial charge in [0.25, 0.3) is 5.91 Å². The van der Waals surface area contributed by atoms with Crippen LogP contribution in [0.1, 0.15) is 15.9 Å². The molecule has 0 atom stereocenters. The molecule has 2 amide bonds. The molecule has 0 unspecified atom stereocenters. The molecule has 180 valence electrons. The predicted octanol–water partition coefficient (Wildman–Crippen LogP) is 4.53. The van der Waals surface area contributed by atoms with Crippen molar-refractivity contribution >= 4 is 34.5 Å². The van der Waals surface area contributed by atoms with Crippen LogP contribution in [0.15, 0.2) is 90.0 Å². The number of carbonyl (C=O) groups excluding carboxylic acids is 2.